The fourth-order valence-corrected chi connectivity index (χ4v) is 2.09. The molecule has 118 valence electrons. The maximum atomic E-state index is 12.7. The summed E-state index contributed by atoms with van der Waals surface area (Å²) in [6.07, 6.45) is 4.21. The first kappa shape index (κ1) is 16.0. The number of para-hydroxylation sites is 1. The van der Waals surface area contributed by atoms with E-state index in [1.807, 2.05) is 13.0 Å². The van der Waals surface area contributed by atoms with E-state index in [0.717, 1.165) is 6.42 Å². The number of nitrogens with zero attached hydrogens (tertiary/aromatic N) is 2. The molecule has 0 radical (unpaired) electrons. The van der Waals surface area contributed by atoms with Crippen molar-refractivity contribution in [2.24, 2.45) is 0 Å². The summed E-state index contributed by atoms with van der Waals surface area (Å²) in [6.45, 7) is 3.02. The largest absolute Gasteiger partial charge is 0.493 e. The Hall–Kier alpha value is -2.34. The highest BCUT2D eigenvalue weighted by Crippen LogP contribution is 2.20. The van der Waals surface area contributed by atoms with E-state index in [9.17, 15) is 9.90 Å². The van der Waals surface area contributed by atoms with Crippen molar-refractivity contribution < 1.29 is 14.6 Å². The highest BCUT2D eigenvalue weighted by molar-refractivity contribution is 5.96. The van der Waals surface area contributed by atoms with Crippen LogP contribution in [0.5, 0.6) is 5.75 Å². The first-order chi connectivity index (χ1) is 10.8. The van der Waals surface area contributed by atoms with Crippen LogP contribution in [0, 0.1) is 0 Å². The van der Waals surface area contributed by atoms with Gasteiger partial charge in [-0.15, -0.1) is 0 Å². The van der Waals surface area contributed by atoms with Crippen LogP contribution in [0.15, 0.2) is 36.7 Å². The summed E-state index contributed by atoms with van der Waals surface area (Å²) in [5.74, 6) is 1.06. The second-order valence-electron chi connectivity index (χ2n) is 4.83. The van der Waals surface area contributed by atoms with Crippen molar-refractivity contribution in [2.75, 3.05) is 19.8 Å². The lowest BCUT2D eigenvalue weighted by Crippen LogP contribution is -2.33. The number of H-pyrrole nitrogens is 1. The van der Waals surface area contributed by atoms with Crippen LogP contribution in [-0.4, -0.2) is 45.6 Å². The molecule has 0 aliphatic carbocycles. The number of aliphatic hydroxyl groups is 1. The minimum absolute atomic E-state index is 0.107. The molecule has 6 nitrogen and oxygen atoms in total. The number of ether oxygens (including phenoxy) is 1. The average Bonchev–Trinajstić information content (AvgIpc) is 3.05. The molecule has 2 aromatic rings. The van der Waals surface area contributed by atoms with Crippen LogP contribution in [0.3, 0.4) is 0 Å². The lowest BCUT2D eigenvalue weighted by molar-refractivity contribution is 0.0699. The predicted molar refractivity (Wildman–Crippen MR) is 82.6 cm³/mol. The fraction of sp³-hybridized carbons (Fsp3) is 0.375. The Bertz CT molecular complexity index is 584. The third-order valence-corrected chi connectivity index (χ3v) is 3.13. The average molecular weight is 303 g/mol. The summed E-state index contributed by atoms with van der Waals surface area (Å²) in [5.41, 5.74) is 0.496. The third-order valence-electron chi connectivity index (χ3n) is 3.13. The number of imidazole rings is 1. The van der Waals surface area contributed by atoms with Crippen LogP contribution < -0.4 is 4.74 Å². The van der Waals surface area contributed by atoms with Gasteiger partial charge in [-0.1, -0.05) is 19.1 Å². The Morgan fingerprint density at radius 3 is 2.91 bits per heavy atom. The van der Waals surface area contributed by atoms with Crippen molar-refractivity contribution in [2.45, 2.75) is 19.9 Å². The van der Waals surface area contributed by atoms with Gasteiger partial charge in [0.25, 0.3) is 5.91 Å². The normalized spacial score (nSPS) is 10.5. The van der Waals surface area contributed by atoms with Crippen LogP contribution in [0.25, 0.3) is 0 Å². The zero-order chi connectivity index (χ0) is 15.8. The molecule has 1 aromatic heterocycles. The van der Waals surface area contributed by atoms with Crippen LogP contribution in [0.4, 0.5) is 0 Å². The molecule has 0 spiro atoms. The van der Waals surface area contributed by atoms with Crippen molar-refractivity contribution in [1.29, 1.82) is 0 Å². The molecule has 0 aliphatic rings. The first-order valence-electron chi connectivity index (χ1n) is 7.36. The van der Waals surface area contributed by atoms with Crippen LogP contribution in [-0.2, 0) is 6.54 Å². The molecular formula is C16H21N3O3. The molecule has 1 heterocycles. The van der Waals surface area contributed by atoms with Gasteiger partial charge in [-0.25, -0.2) is 4.98 Å². The SMILES string of the molecule is CCCOc1ccccc1C(=O)N(CCO)Cc1ncc[nH]1. The maximum Gasteiger partial charge on any atom is 0.258 e. The second-order valence-corrected chi connectivity index (χ2v) is 4.83. The lowest BCUT2D eigenvalue weighted by atomic mass is 10.1. The Kier molecular flexibility index (Phi) is 5.97. The first-order valence-corrected chi connectivity index (χ1v) is 7.36. The molecule has 6 heteroatoms. The fourth-order valence-electron chi connectivity index (χ4n) is 2.09. The van der Waals surface area contributed by atoms with Gasteiger partial charge in [0.15, 0.2) is 0 Å². The molecule has 0 fully saturated rings. The van der Waals surface area contributed by atoms with E-state index in [0.29, 0.717) is 30.3 Å². The smallest absolute Gasteiger partial charge is 0.258 e. The highest BCUT2D eigenvalue weighted by Gasteiger charge is 2.20. The standard InChI is InChI=1S/C16H21N3O3/c1-2-11-22-14-6-4-3-5-13(14)16(21)19(9-10-20)12-15-17-7-8-18-15/h3-8,20H,2,9-12H2,1H3,(H,17,18). The van der Waals surface area contributed by atoms with Crippen molar-refractivity contribution in [3.05, 3.63) is 48.0 Å². The predicted octanol–water partition coefficient (Wildman–Crippen LogP) is 1.83. The number of aromatic nitrogens is 2. The van der Waals surface area contributed by atoms with Gasteiger partial charge in [0, 0.05) is 18.9 Å². The lowest BCUT2D eigenvalue weighted by Gasteiger charge is -2.22. The maximum absolute atomic E-state index is 12.7. The molecule has 2 N–H and O–H groups in total. The summed E-state index contributed by atoms with van der Waals surface area (Å²) in [7, 11) is 0. The highest BCUT2D eigenvalue weighted by atomic mass is 16.5. The molecule has 1 amide bonds. The summed E-state index contributed by atoms with van der Waals surface area (Å²) in [5, 5.41) is 9.22. The molecule has 1 aromatic carbocycles. The molecule has 0 bridgehead atoms. The van der Waals surface area contributed by atoms with E-state index >= 15 is 0 Å². The molecule has 0 atom stereocenters. The number of carbonyl (C=O) groups is 1. The molecule has 2 rings (SSSR count). The van der Waals surface area contributed by atoms with E-state index < -0.39 is 0 Å². The van der Waals surface area contributed by atoms with Crippen molar-refractivity contribution in [1.82, 2.24) is 14.9 Å². The Labute approximate surface area is 129 Å². The number of amides is 1. The molecule has 0 saturated heterocycles. The molecule has 0 aliphatic heterocycles. The number of nitrogens with one attached hydrogen (secondary N) is 1. The summed E-state index contributed by atoms with van der Waals surface area (Å²) < 4.78 is 5.64. The van der Waals surface area contributed by atoms with Crippen LogP contribution in [0.2, 0.25) is 0 Å². The van der Waals surface area contributed by atoms with Gasteiger partial charge < -0.3 is 19.7 Å². The van der Waals surface area contributed by atoms with Gasteiger partial charge >= 0.3 is 0 Å². The Balaban J connectivity index is 2.19. The third kappa shape index (κ3) is 4.08. The zero-order valence-electron chi connectivity index (χ0n) is 12.7. The van der Waals surface area contributed by atoms with Crippen LogP contribution in [0.1, 0.15) is 29.5 Å². The van der Waals surface area contributed by atoms with E-state index in [2.05, 4.69) is 9.97 Å². The van der Waals surface area contributed by atoms with Crippen LogP contribution >= 0.6 is 0 Å². The Morgan fingerprint density at radius 1 is 1.41 bits per heavy atom. The van der Waals surface area contributed by atoms with Gasteiger partial charge in [0.05, 0.1) is 25.3 Å². The number of benzene rings is 1. The number of carbonyl (C=O) groups excluding carboxylic acids is 1. The quantitative estimate of drug-likeness (QED) is 0.780. The molecular weight excluding hydrogens is 282 g/mol. The van der Waals surface area contributed by atoms with E-state index in [1.54, 1.807) is 35.5 Å². The number of hydrogen-bond acceptors (Lipinski definition) is 4. The van der Waals surface area contributed by atoms with Gasteiger partial charge in [-0.05, 0) is 18.6 Å². The number of hydrogen-bond donors (Lipinski definition) is 2. The number of aliphatic hydroxyl groups excluding tert-OH is 1. The van der Waals surface area contributed by atoms with Crippen molar-refractivity contribution >= 4 is 5.91 Å². The van der Waals surface area contributed by atoms with Gasteiger partial charge in [0.2, 0.25) is 0 Å². The van der Waals surface area contributed by atoms with Gasteiger partial charge in [-0.3, -0.25) is 4.79 Å². The number of rotatable bonds is 8. The molecule has 22 heavy (non-hydrogen) atoms. The topological polar surface area (TPSA) is 78.4 Å². The van der Waals surface area contributed by atoms with Gasteiger partial charge in [-0.2, -0.15) is 0 Å². The van der Waals surface area contributed by atoms with Crippen molar-refractivity contribution in [3.63, 3.8) is 0 Å². The zero-order valence-corrected chi connectivity index (χ0v) is 12.7. The van der Waals surface area contributed by atoms with E-state index in [4.69, 9.17) is 4.74 Å². The summed E-state index contributed by atoms with van der Waals surface area (Å²) in [6, 6.07) is 7.16. The molecule has 0 unspecified atom stereocenters. The molecule has 0 saturated carbocycles. The summed E-state index contributed by atoms with van der Waals surface area (Å²) in [4.78, 5) is 21.4. The minimum atomic E-state index is -0.183. The summed E-state index contributed by atoms with van der Waals surface area (Å²) >= 11 is 0. The van der Waals surface area contributed by atoms with Crippen molar-refractivity contribution in [3.8, 4) is 5.75 Å². The van der Waals surface area contributed by atoms with E-state index in [1.165, 1.54) is 0 Å². The monoisotopic (exact) mass is 303 g/mol. The van der Waals surface area contributed by atoms with Gasteiger partial charge in [0.1, 0.15) is 11.6 Å². The second kappa shape index (κ2) is 8.19. The Morgan fingerprint density at radius 2 is 2.23 bits per heavy atom. The minimum Gasteiger partial charge on any atom is -0.493 e. The van der Waals surface area contributed by atoms with E-state index in [-0.39, 0.29) is 19.1 Å². The number of aromatic amines is 1.